The normalized spacial score (nSPS) is 17.5. The van der Waals surface area contributed by atoms with E-state index in [1.807, 2.05) is 0 Å². The highest BCUT2D eigenvalue weighted by Gasteiger charge is 2.31. The summed E-state index contributed by atoms with van der Waals surface area (Å²) < 4.78 is 10.2. The fraction of sp³-hybridized carbons (Fsp3) is 0.0667. The van der Waals surface area contributed by atoms with E-state index in [2.05, 4.69) is 0 Å². The zero-order chi connectivity index (χ0) is 13.2. The van der Waals surface area contributed by atoms with Gasteiger partial charge in [0.15, 0.2) is 11.5 Å². The molecule has 1 aliphatic rings. The van der Waals surface area contributed by atoms with Gasteiger partial charge in [0.1, 0.15) is 0 Å². The van der Waals surface area contributed by atoms with Crippen molar-refractivity contribution in [3.05, 3.63) is 72.1 Å². The zero-order valence-corrected chi connectivity index (χ0v) is 9.91. The van der Waals surface area contributed by atoms with Crippen molar-refractivity contribution >= 4 is 11.6 Å². The summed E-state index contributed by atoms with van der Waals surface area (Å²) in [5, 5.41) is 0. The first-order valence-electron chi connectivity index (χ1n) is 5.81. The van der Waals surface area contributed by atoms with Gasteiger partial charge in [-0.25, -0.2) is 0 Å². The molecule has 0 N–H and O–H groups in total. The summed E-state index contributed by atoms with van der Waals surface area (Å²) in [5.74, 6) is -0.643. The van der Waals surface area contributed by atoms with Crippen molar-refractivity contribution in [3.8, 4) is 0 Å². The minimum atomic E-state index is -0.608. The summed E-state index contributed by atoms with van der Waals surface area (Å²) in [4.78, 5) is 24.4. The summed E-state index contributed by atoms with van der Waals surface area (Å²) in [5.41, 5.74) is 0.399. The Morgan fingerprint density at radius 1 is 1.00 bits per heavy atom. The van der Waals surface area contributed by atoms with Gasteiger partial charge in [-0.05, 0) is 24.3 Å². The Morgan fingerprint density at radius 2 is 1.68 bits per heavy atom. The van der Waals surface area contributed by atoms with E-state index < -0.39 is 5.92 Å². The summed E-state index contributed by atoms with van der Waals surface area (Å²) in [6.45, 7) is 0. The molecule has 19 heavy (non-hydrogen) atoms. The number of allylic oxidation sites excluding steroid dienone is 4. The van der Waals surface area contributed by atoms with Gasteiger partial charge in [-0.2, -0.15) is 0 Å². The molecule has 94 valence electrons. The minimum absolute atomic E-state index is 0.229. The molecule has 3 rings (SSSR count). The molecule has 0 saturated heterocycles. The molecule has 0 spiro atoms. The minimum Gasteiger partial charge on any atom is -0.461 e. The SMILES string of the molecule is O=C(C1=CC=CC1C(=O)c1ccco1)c1ccco1. The molecule has 4 heteroatoms. The van der Waals surface area contributed by atoms with Crippen molar-refractivity contribution < 1.29 is 18.4 Å². The Labute approximate surface area is 109 Å². The van der Waals surface area contributed by atoms with Gasteiger partial charge < -0.3 is 8.83 Å². The van der Waals surface area contributed by atoms with E-state index in [-0.39, 0.29) is 23.1 Å². The van der Waals surface area contributed by atoms with E-state index in [0.717, 1.165) is 0 Å². The highest BCUT2D eigenvalue weighted by molar-refractivity contribution is 6.14. The van der Waals surface area contributed by atoms with Crippen LogP contribution in [0, 0.1) is 5.92 Å². The molecule has 1 atom stereocenters. The summed E-state index contributed by atoms with van der Waals surface area (Å²) >= 11 is 0. The third kappa shape index (κ3) is 1.97. The molecule has 1 aliphatic carbocycles. The smallest absolute Gasteiger partial charge is 0.225 e. The second-order valence-corrected chi connectivity index (χ2v) is 4.13. The summed E-state index contributed by atoms with van der Waals surface area (Å²) in [6, 6.07) is 6.45. The second kappa shape index (κ2) is 4.57. The van der Waals surface area contributed by atoms with Crippen molar-refractivity contribution in [3.63, 3.8) is 0 Å². The predicted octanol–water partition coefficient (Wildman–Crippen LogP) is 3.05. The number of carbonyl (C=O) groups excluding carboxylic acids is 2. The van der Waals surface area contributed by atoms with Crippen molar-refractivity contribution in [2.75, 3.05) is 0 Å². The fourth-order valence-corrected chi connectivity index (χ4v) is 2.05. The standard InChI is InChI=1S/C15H10O4/c16-14(12-6-2-8-18-12)10-4-1-5-11(10)15(17)13-7-3-9-19-13/h1-10H. The van der Waals surface area contributed by atoms with Gasteiger partial charge in [0.05, 0.1) is 18.4 Å². The first-order valence-corrected chi connectivity index (χ1v) is 5.81. The van der Waals surface area contributed by atoms with Crippen LogP contribution < -0.4 is 0 Å². The first kappa shape index (κ1) is 11.5. The highest BCUT2D eigenvalue weighted by Crippen LogP contribution is 2.27. The third-order valence-electron chi connectivity index (χ3n) is 2.97. The van der Waals surface area contributed by atoms with Crippen LogP contribution in [0.3, 0.4) is 0 Å². The molecule has 4 nitrogen and oxygen atoms in total. The molecule has 2 heterocycles. The van der Waals surface area contributed by atoms with Gasteiger partial charge in [-0.1, -0.05) is 18.2 Å². The molecule has 0 aromatic carbocycles. The Bertz CT molecular complexity index is 657. The lowest BCUT2D eigenvalue weighted by Crippen LogP contribution is -2.18. The monoisotopic (exact) mass is 254 g/mol. The molecule has 1 unspecified atom stereocenters. The van der Waals surface area contributed by atoms with E-state index in [9.17, 15) is 9.59 Å². The summed E-state index contributed by atoms with van der Waals surface area (Å²) in [7, 11) is 0. The van der Waals surface area contributed by atoms with Crippen LogP contribution in [0.25, 0.3) is 0 Å². The molecular formula is C15H10O4. The van der Waals surface area contributed by atoms with Crippen LogP contribution in [0.5, 0.6) is 0 Å². The lowest BCUT2D eigenvalue weighted by atomic mass is 9.92. The van der Waals surface area contributed by atoms with Crippen LogP contribution in [0.4, 0.5) is 0 Å². The highest BCUT2D eigenvalue weighted by atomic mass is 16.3. The first-order chi connectivity index (χ1) is 9.27. The van der Waals surface area contributed by atoms with Crippen LogP contribution in [-0.2, 0) is 0 Å². The summed E-state index contributed by atoms with van der Waals surface area (Å²) in [6.07, 6.45) is 7.88. The van der Waals surface area contributed by atoms with E-state index in [1.54, 1.807) is 42.5 Å². The number of carbonyl (C=O) groups is 2. The molecule has 0 radical (unpaired) electrons. The van der Waals surface area contributed by atoms with Gasteiger partial charge in [-0.15, -0.1) is 0 Å². The maximum Gasteiger partial charge on any atom is 0.225 e. The van der Waals surface area contributed by atoms with E-state index >= 15 is 0 Å². The Hall–Kier alpha value is -2.62. The van der Waals surface area contributed by atoms with E-state index in [0.29, 0.717) is 5.57 Å². The van der Waals surface area contributed by atoms with Gasteiger partial charge in [-0.3, -0.25) is 9.59 Å². The van der Waals surface area contributed by atoms with E-state index in [4.69, 9.17) is 8.83 Å². The number of rotatable bonds is 4. The number of furan rings is 2. The molecule has 2 aromatic rings. The van der Waals surface area contributed by atoms with Gasteiger partial charge in [0.25, 0.3) is 0 Å². The average Bonchev–Trinajstić information content (AvgIpc) is 3.16. The van der Waals surface area contributed by atoms with Gasteiger partial charge >= 0.3 is 0 Å². The Kier molecular flexibility index (Phi) is 2.76. The maximum absolute atomic E-state index is 12.2. The Balaban J connectivity index is 1.88. The molecule has 0 bridgehead atoms. The maximum atomic E-state index is 12.2. The van der Waals surface area contributed by atoms with Gasteiger partial charge in [0.2, 0.25) is 11.6 Å². The second-order valence-electron chi connectivity index (χ2n) is 4.13. The van der Waals surface area contributed by atoms with Crippen LogP contribution in [0.2, 0.25) is 0 Å². The average molecular weight is 254 g/mol. The molecular weight excluding hydrogens is 244 g/mol. The lowest BCUT2D eigenvalue weighted by Gasteiger charge is -2.09. The lowest BCUT2D eigenvalue weighted by molar-refractivity contribution is 0.0902. The van der Waals surface area contributed by atoms with Crippen LogP contribution in [0.15, 0.2) is 69.4 Å². The topological polar surface area (TPSA) is 60.4 Å². The quantitative estimate of drug-likeness (QED) is 0.787. The van der Waals surface area contributed by atoms with Crippen molar-refractivity contribution in [2.45, 2.75) is 0 Å². The number of Topliss-reactive ketones (excluding diaryl/α,β-unsaturated/α-hetero) is 2. The fourth-order valence-electron chi connectivity index (χ4n) is 2.05. The molecule has 0 amide bonds. The van der Waals surface area contributed by atoms with Crippen molar-refractivity contribution in [1.29, 1.82) is 0 Å². The number of hydrogen-bond acceptors (Lipinski definition) is 4. The number of ketones is 2. The molecule has 0 fully saturated rings. The van der Waals surface area contributed by atoms with Crippen LogP contribution in [0.1, 0.15) is 21.1 Å². The van der Waals surface area contributed by atoms with Crippen molar-refractivity contribution in [2.24, 2.45) is 5.92 Å². The van der Waals surface area contributed by atoms with Crippen LogP contribution in [-0.4, -0.2) is 11.6 Å². The zero-order valence-electron chi connectivity index (χ0n) is 9.91. The largest absolute Gasteiger partial charge is 0.461 e. The molecule has 0 aliphatic heterocycles. The van der Waals surface area contributed by atoms with Crippen LogP contribution >= 0.6 is 0 Å². The molecule has 0 saturated carbocycles. The van der Waals surface area contributed by atoms with Crippen molar-refractivity contribution in [1.82, 2.24) is 0 Å². The number of hydrogen-bond donors (Lipinski definition) is 0. The molecule has 2 aromatic heterocycles. The Morgan fingerprint density at radius 3 is 2.32 bits per heavy atom. The van der Waals surface area contributed by atoms with E-state index in [1.165, 1.54) is 12.5 Å². The third-order valence-corrected chi connectivity index (χ3v) is 2.97. The predicted molar refractivity (Wildman–Crippen MR) is 66.8 cm³/mol. The van der Waals surface area contributed by atoms with Gasteiger partial charge in [0, 0.05) is 5.57 Å².